The maximum Gasteiger partial charge on any atom is 0.238 e. The van der Waals surface area contributed by atoms with E-state index in [2.05, 4.69) is 15.5 Å². The zero-order valence-corrected chi connectivity index (χ0v) is 16.0. The fraction of sp³-hybridized carbons (Fsp3) is 0.364. The summed E-state index contributed by atoms with van der Waals surface area (Å²) >= 11 is 0. The van der Waals surface area contributed by atoms with Gasteiger partial charge in [-0.2, -0.15) is 0 Å². The van der Waals surface area contributed by atoms with Gasteiger partial charge in [-0.05, 0) is 49.9 Å². The second kappa shape index (κ2) is 8.82. The SMILES string of the molecule is Cc1cccc(C)c1NC(=O)CN(CCC(=O)Nc1ccccc1)C1CC1. The molecule has 0 atom stereocenters. The van der Waals surface area contributed by atoms with E-state index in [-0.39, 0.29) is 11.8 Å². The van der Waals surface area contributed by atoms with E-state index in [1.807, 2.05) is 62.4 Å². The van der Waals surface area contributed by atoms with Crippen LogP contribution in [0.5, 0.6) is 0 Å². The van der Waals surface area contributed by atoms with E-state index in [1.165, 1.54) is 0 Å². The molecule has 0 saturated heterocycles. The molecule has 1 saturated carbocycles. The molecule has 1 aliphatic rings. The van der Waals surface area contributed by atoms with Crippen molar-refractivity contribution < 1.29 is 9.59 Å². The average Bonchev–Trinajstić information content (AvgIpc) is 3.48. The monoisotopic (exact) mass is 365 g/mol. The number of amides is 2. The maximum absolute atomic E-state index is 12.5. The summed E-state index contributed by atoms with van der Waals surface area (Å²) in [6.07, 6.45) is 2.57. The van der Waals surface area contributed by atoms with Gasteiger partial charge < -0.3 is 10.6 Å². The molecule has 0 aliphatic heterocycles. The Morgan fingerprint density at radius 1 is 0.926 bits per heavy atom. The predicted molar refractivity (Wildman–Crippen MR) is 109 cm³/mol. The number of rotatable bonds is 8. The van der Waals surface area contributed by atoms with Crippen LogP contribution in [0.15, 0.2) is 48.5 Å². The first-order chi connectivity index (χ1) is 13.0. The number of nitrogens with zero attached hydrogens (tertiary/aromatic N) is 1. The van der Waals surface area contributed by atoms with Crippen molar-refractivity contribution in [2.24, 2.45) is 0 Å². The molecule has 2 aromatic carbocycles. The van der Waals surface area contributed by atoms with E-state index >= 15 is 0 Å². The fourth-order valence-electron chi connectivity index (χ4n) is 3.20. The number of aryl methyl sites for hydroxylation is 2. The van der Waals surface area contributed by atoms with Crippen LogP contribution in [0.1, 0.15) is 30.4 Å². The molecule has 0 unspecified atom stereocenters. The summed E-state index contributed by atoms with van der Waals surface area (Å²) in [5.74, 6) is -0.0511. The van der Waals surface area contributed by atoms with E-state index in [4.69, 9.17) is 0 Å². The van der Waals surface area contributed by atoms with Crippen LogP contribution in [0.2, 0.25) is 0 Å². The van der Waals surface area contributed by atoms with E-state index < -0.39 is 0 Å². The number of para-hydroxylation sites is 2. The number of hydrogen-bond acceptors (Lipinski definition) is 3. The minimum Gasteiger partial charge on any atom is -0.326 e. The lowest BCUT2D eigenvalue weighted by atomic mass is 10.1. The second-order valence-electron chi connectivity index (χ2n) is 7.18. The zero-order chi connectivity index (χ0) is 19.2. The molecule has 0 bridgehead atoms. The molecule has 5 heteroatoms. The highest BCUT2D eigenvalue weighted by molar-refractivity contribution is 5.94. The van der Waals surface area contributed by atoms with Gasteiger partial charge in [0.05, 0.1) is 6.54 Å². The summed E-state index contributed by atoms with van der Waals surface area (Å²) in [7, 11) is 0. The smallest absolute Gasteiger partial charge is 0.238 e. The van der Waals surface area contributed by atoms with Gasteiger partial charge in [0.1, 0.15) is 0 Å². The van der Waals surface area contributed by atoms with Crippen LogP contribution >= 0.6 is 0 Å². The Morgan fingerprint density at radius 3 is 2.22 bits per heavy atom. The molecular formula is C22H27N3O2. The maximum atomic E-state index is 12.5. The molecule has 2 N–H and O–H groups in total. The van der Waals surface area contributed by atoms with Crippen molar-refractivity contribution >= 4 is 23.2 Å². The van der Waals surface area contributed by atoms with Crippen molar-refractivity contribution in [1.82, 2.24) is 4.90 Å². The van der Waals surface area contributed by atoms with E-state index in [0.29, 0.717) is 25.6 Å². The van der Waals surface area contributed by atoms with Gasteiger partial charge in [-0.15, -0.1) is 0 Å². The van der Waals surface area contributed by atoms with Crippen molar-refractivity contribution in [2.45, 2.75) is 39.2 Å². The topological polar surface area (TPSA) is 61.4 Å². The van der Waals surface area contributed by atoms with Crippen molar-refractivity contribution in [3.63, 3.8) is 0 Å². The largest absolute Gasteiger partial charge is 0.326 e. The molecular weight excluding hydrogens is 338 g/mol. The Morgan fingerprint density at radius 2 is 1.59 bits per heavy atom. The standard InChI is InChI=1S/C22H27N3O2/c1-16-7-6-8-17(2)22(16)24-21(27)15-25(19-11-12-19)14-13-20(26)23-18-9-4-3-5-10-18/h3-10,19H,11-15H2,1-2H3,(H,23,26)(H,24,27). The van der Waals surface area contributed by atoms with E-state index in [0.717, 1.165) is 35.3 Å². The summed E-state index contributed by atoms with van der Waals surface area (Å²) in [6.45, 7) is 4.89. The minimum absolute atomic E-state index is 0.0252. The number of hydrogen-bond donors (Lipinski definition) is 2. The van der Waals surface area contributed by atoms with Crippen LogP contribution in [0.25, 0.3) is 0 Å². The third-order valence-electron chi connectivity index (χ3n) is 4.84. The summed E-state index contributed by atoms with van der Waals surface area (Å²) in [4.78, 5) is 26.8. The Bertz CT molecular complexity index is 780. The van der Waals surface area contributed by atoms with E-state index in [9.17, 15) is 9.59 Å². The third kappa shape index (κ3) is 5.66. The van der Waals surface area contributed by atoms with Gasteiger partial charge in [-0.1, -0.05) is 36.4 Å². The lowest BCUT2D eigenvalue weighted by molar-refractivity contribution is -0.119. The van der Waals surface area contributed by atoms with Gasteiger partial charge in [0.15, 0.2) is 0 Å². The first-order valence-electron chi connectivity index (χ1n) is 9.48. The summed E-state index contributed by atoms with van der Waals surface area (Å²) < 4.78 is 0. The molecule has 0 radical (unpaired) electrons. The predicted octanol–water partition coefficient (Wildman–Crippen LogP) is 3.74. The Balaban J connectivity index is 1.52. The highest BCUT2D eigenvalue weighted by atomic mass is 16.2. The molecule has 3 rings (SSSR count). The molecule has 0 spiro atoms. The number of benzene rings is 2. The van der Waals surface area contributed by atoms with Crippen molar-refractivity contribution in [1.29, 1.82) is 0 Å². The summed E-state index contributed by atoms with van der Waals surface area (Å²) in [6, 6.07) is 15.8. The lowest BCUT2D eigenvalue weighted by Crippen LogP contribution is -2.37. The molecule has 1 fully saturated rings. The van der Waals surface area contributed by atoms with Gasteiger partial charge in [-0.3, -0.25) is 14.5 Å². The molecule has 1 aliphatic carbocycles. The molecule has 27 heavy (non-hydrogen) atoms. The lowest BCUT2D eigenvalue weighted by Gasteiger charge is -2.22. The van der Waals surface area contributed by atoms with Crippen LogP contribution in [0.4, 0.5) is 11.4 Å². The van der Waals surface area contributed by atoms with Crippen LogP contribution in [-0.4, -0.2) is 35.8 Å². The van der Waals surface area contributed by atoms with Gasteiger partial charge in [0.25, 0.3) is 0 Å². The van der Waals surface area contributed by atoms with Crippen LogP contribution in [0, 0.1) is 13.8 Å². The summed E-state index contributed by atoms with van der Waals surface area (Å²) in [5, 5.41) is 5.94. The van der Waals surface area contributed by atoms with E-state index in [1.54, 1.807) is 0 Å². The first-order valence-corrected chi connectivity index (χ1v) is 9.48. The third-order valence-corrected chi connectivity index (χ3v) is 4.84. The molecule has 142 valence electrons. The molecule has 5 nitrogen and oxygen atoms in total. The first kappa shape index (κ1) is 19.1. The van der Waals surface area contributed by atoms with Gasteiger partial charge >= 0.3 is 0 Å². The molecule has 0 aromatic heterocycles. The Labute approximate surface area is 160 Å². The number of carbonyl (C=O) groups excluding carboxylic acids is 2. The summed E-state index contributed by atoms with van der Waals surface area (Å²) in [5.41, 5.74) is 3.81. The van der Waals surface area contributed by atoms with Crippen LogP contribution in [0.3, 0.4) is 0 Å². The van der Waals surface area contributed by atoms with Crippen molar-refractivity contribution in [3.05, 3.63) is 59.7 Å². The van der Waals surface area contributed by atoms with Gasteiger partial charge in [0.2, 0.25) is 11.8 Å². The second-order valence-corrected chi connectivity index (χ2v) is 7.18. The number of carbonyl (C=O) groups is 2. The Kier molecular flexibility index (Phi) is 6.24. The fourth-order valence-corrected chi connectivity index (χ4v) is 3.20. The van der Waals surface area contributed by atoms with Gasteiger partial charge in [-0.25, -0.2) is 0 Å². The quantitative estimate of drug-likeness (QED) is 0.749. The number of anilines is 2. The highest BCUT2D eigenvalue weighted by Gasteiger charge is 2.30. The highest BCUT2D eigenvalue weighted by Crippen LogP contribution is 2.27. The number of nitrogens with one attached hydrogen (secondary N) is 2. The van der Waals surface area contributed by atoms with Gasteiger partial charge in [0, 0.05) is 30.4 Å². The zero-order valence-electron chi connectivity index (χ0n) is 16.0. The molecule has 2 aromatic rings. The Hall–Kier alpha value is -2.66. The molecule has 2 amide bonds. The van der Waals surface area contributed by atoms with Crippen molar-refractivity contribution in [3.8, 4) is 0 Å². The van der Waals surface area contributed by atoms with Crippen LogP contribution in [-0.2, 0) is 9.59 Å². The minimum atomic E-state index is -0.0259. The molecule has 0 heterocycles. The normalized spacial score (nSPS) is 13.4. The van der Waals surface area contributed by atoms with Crippen molar-refractivity contribution in [2.75, 3.05) is 23.7 Å². The van der Waals surface area contributed by atoms with Crippen LogP contribution < -0.4 is 10.6 Å². The average molecular weight is 365 g/mol.